The second kappa shape index (κ2) is 20.4. The number of pyridine rings is 1. The summed E-state index contributed by atoms with van der Waals surface area (Å²) in [7, 11) is 2.21. The number of H-pyrrole nitrogens is 1. The highest BCUT2D eigenvalue weighted by atomic mass is 32.1. The number of aliphatic hydroxyl groups is 2. The van der Waals surface area contributed by atoms with Gasteiger partial charge >= 0.3 is 5.97 Å². The standard InChI is InChI=1S/C37H49N3O6S2.CH2O2/c1-40(26-13-15-27(16-14-26)46-36(44)37(45,32-11-9-23-47-32)33-12-10-24-48-33)22-8-6-4-2-3-5-7-21-38-25-31(42)28-17-19-30(41)35-29(28)18-20-34(43)39-35;2-1-3/h9-12,17-20,23-24,26-27,31,38,41-42,45H,2-8,13-16,21-22,25H2,1H3,(H,39,43);1H,(H,2,3)/t26?,27?,31-;/m0./s1. The summed E-state index contributed by atoms with van der Waals surface area (Å²) in [6.45, 7) is 2.07. The minimum Gasteiger partial charge on any atom is -0.506 e. The number of aliphatic hydroxyl groups excluding tert-OH is 1. The summed E-state index contributed by atoms with van der Waals surface area (Å²) in [6.07, 6.45) is 11.0. The lowest BCUT2D eigenvalue weighted by atomic mass is 9.91. The fourth-order valence-corrected chi connectivity index (χ4v) is 8.42. The molecule has 6 N–H and O–H groups in total. The third-order valence-electron chi connectivity index (χ3n) is 9.56. The molecule has 0 radical (unpaired) electrons. The number of aromatic amines is 1. The van der Waals surface area contributed by atoms with E-state index in [1.807, 2.05) is 22.9 Å². The summed E-state index contributed by atoms with van der Waals surface area (Å²) < 4.78 is 5.92. The average molecular weight is 742 g/mol. The highest BCUT2D eigenvalue weighted by molar-refractivity contribution is 7.12. The summed E-state index contributed by atoms with van der Waals surface area (Å²) in [5.74, 6) is -0.576. The van der Waals surface area contributed by atoms with Crippen LogP contribution in [0.1, 0.15) is 92.1 Å². The van der Waals surface area contributed by atoms with Crippen LogP contribution >= 0.6 is 22.7 Å². The molecular formula is C38H51N3O8S2. The maximum Gasteiger partial charge on any atom is 0.349 e. The third kappa shape index (κ3) is 11.2. The number of rotatable bonds is 18. The first kappa shape index (κ1) is 40.2. The Balaban J connectivity index is 0.00000188. The summed E-state index contributed by atoms with van der Waals surface area (Å²) in [5, 5.41) is 46.8. The van der Waals surface area contributed by atoms with Crippen LogP contribution in [0.4, 0.5) is 0 Å². The molecule has 5 rings (SSSR count). The smallest absolute Gasteiger partial charge is 0.349 e. The van der Waals surface area contributed by atoms with E-state index in [1.54, 1.807) is 24.3 Å². The number of ether oxygens (including phenoxy) is 1. The van der Waals surface area contributed by atoms with Crippen molar-refractivity contribution in [1.82, 2.24) is 15.2 Å². The molecule has 1 aliphatic carbocycles. The molecule has 1 atom stereocenters. The summed E-state index contributed by atoms with van der Waals surface area (Å²) >= 11 is 2.73. The fourth-order valence-electron chi connectivity index (χ4n) is 6.71. The number of carboxylic acid groups (broad SMARTS) is 1. The van der Waals surface area contributed by atoms with Crippen molar-refractivity contribution in [2.75, 3.05) is 26.7 Å². The lowest BCUT2D eigenvalue weighted by Crippen LogP contribution is -2.42. The first-order valence-electron chi connectivity index (χ1n) is 17.7. The summed E-state index contributed by atoms with van der Waals surface area (Å²) in [5.41, 5.74) is -1.00. The van der Waals surface area contributed by atoms with Crippen LogP contribution in [-0.4, -0.2) is 81.6 Å². The van der Waals surface area contributed by atoms with E-state index in [-0.39, 0.29) is 23.9 Å². The van der Waals surface area contributed by atoms with Gasteiger partial charge in [-0.15, -0.1) is 22.7 Å². The molecule has 0 bridgehead atoms. The Hall–Kier alpha value is -3.59. The number of carbonyl (C=O) groups is 2. The first-order chi connectivity index (χ1) is 24.7. The monoisotopic (exact) mass is 741 g/mol. The lowest BCUT2D eigenvalue weighted by Gasteiger charge is -2.35. The zero-order chi connectivity index (χ0) is 36.6. The molecule has 0 spiro atoms. The molecule has 0 amide bonds. The molecule has 1 saturated carbocycles. The molecule has 4 aromatic rings. The number of nitrogens with zero attached hydrogens (tertiary/aromatic N) is 1. The topological polar surface area (TPSA) is 172 Å². The number of phenolic OH excluding ortho intramolecular Hbond substituents is 1. The van der Waals surface area contributed by atoms with E-state index in [0.29, 0.717) is 38.8 Å². The number of esters is 1. The molecule has 13 heteroatoms. The maximum absolute atomic E-state index is 13.3. The van der Waals surface area contributed by atoms with E-state index in [0.717, 1.165) is 51.6 Å². The number of unbranched alkanes of at least 4 members (excludes halogenated alkanes) is 6. The molecule has 1 aromatic carbocycles. The number of aromatic hydroxyl groups is 1. The quantitative estimate of drug-likeness (QED) is 0.0396. The van der Waals surface area contributed by atoms with Gasteiger partial charge in [0.25, 0.3) is 6.47 Å². The Morgan fingerprint density at radius 1 is 0.980 bits per heavy atom. The second-order valence-corrected chi connectivity index (χ2v) is 15.0. The van der Waals surface area contributed by atoms with Gasteiger partial charge in [0, 0.05) is 24.0 Å². The van der Waals surface area contributed by atoms with Gasteiger partial charge in [-0.05, 0) is 99.3 Å². The number of hydrogen-bond donors (Lipinski definition) is 6. The molecule has 0 saturated heterocycles. The zero-order valence-electron chi connectivity index (χ0n) is 29.2. The molecule has 0 unspecified atom stereocenters. The van der Waals surface area contributed by atoms with Gasteiger partial charge in [0.05, 0.1) is 21.4 Å². The molecule has 278 valence electrons. The minimum atomic E-state index is -1.74. The number of hydrogen-bond acceptors (Lipinski definition) is 11. The van der Waals surface area contributed by atoms with Gasteiger partial charge in [0.2, 0.25) is 11.2 Å². The van der Waals surface area contributed by atoms with Crippen LogP contribution in [0.3, 0.4) is 0 Å². The Kier molecular flexibility index (Phi) is 16.1. The van der Waals surface area contributed by atoms with Crippen LogP contribution in [0.2, 0.25) is 0 Å². The normalized spacial score (nSPS) is 16.8. The molecule has 1 aliphatic rings. The molecule has 1 fully saturated rings. The number of nitrogens with one attached hydrogen (secondary N) is 2. The van der Waals surface area contributed by atoms with E-state index in [4.69, 9.17) is 14.6 Å². The number of aromatic nitrogens is 1. The van der Waals surface area contributed by atoms with E-state index < -0.39 is 17.7 Å². The largest absolute Gasteiger partial charge is 0.506 e. The predicted octanol–water partition coefficient (Wildman–Crippen LogP) is 6.13. The van der Waals surface area contributed by atoms with Crippen molar-refractivity contribution in [1.29, 1.82) is 0 Å². The van der Waals surface area contributed by atoms with Crippen molar-refractivity contribution in [3.05, 3.63) is 85.0 Å². The van der Waals surface area contributed by atoms with Gasteiger partial charge in [0.15, 0.2) is 0 Å². The van der Waals surface area contributed by atoms with Gasteiger partial charge in [-0.25, -0.2) is 4.79 Å². The Labute approximate surface area is 306 Å². The summed E-state index contributed by atoms with van der Waals surface area (Å²) in [6, 6.07) is 14.0. The molecule has 51 heavy (non-hydrogen) atoms. The van der Waals surface area contributed by atoms with Crippen molar-refractivity contribution in [2.24, 2.45) is 0 Å². The van der Waals surface area contributed by atoms with E-state index in [9.17, 15) is 24.9 Å². The van der Waals surface area contributed by atoms with Crippen LogP contribution in [-0.2, 0) is 19.9 Å². The van der Waals surface area contributed by atoms with Crippen LogP contribution < -0.4 is 10.9 Å². The van der Waals surface area contributed by atoms with Crippen LogP contribution in [0.25, 0.3) is 10.9 Å². The van der Waals surface area contributed by atoms with Gasteiger partial charge < -0.3 is 40.4 Å². The van der Waals surface area contributed by atoms with Gasteiger partial charge in [0.1, 0.15) is 11.9 Å². The van der Waals surface area contributed by atoms with E-state index >= 15 is 0 Å². The SMILES string of the molecule is CN(CCCCCCCCCNC[C@H](O)c1ccc(O)c2[nH]c(=O)ccc12)C1CCC(OC(=O)C(O)(c2cccs2)c2cccs2)CC1.O=CO. The van der Waals surface area contributed by atoms with Crippen LogP contribution in [0, 0.1) is 0 Å². The lowest BCUT2D eigenvalue weighted by molar-refractivity contribution is -0.169. The van der Waals surface area contributed by atoms with Crippen molar-refractivity contribution in [2.45, 2.75) is 94.5 Å². The molecule has 11 nitrogen and oxygen atoms in total. The summed E-state index contributed by atoms with van der Waals surface area (Å²) in [4.78, 5) is 39.6. The van der Waals surface area contributed by atoms with Crippen LogP contribution in [0.15, 0.2) is 64.1 Å². The highest BCUT2D eigenvalue weighted by Crippen LogP contribution is 2.38. The van der Waals surface area contributed by atoms with Gasteiger partial charge in [-0.2, -0.15) is 0 Å². The number of phenols is 1. The van der Waals surface area contributed by atoms with Crippen molar-refractivity contribution >= 4 is 46.0 Å². The fraction of sp³-hybridized carbons (Fsp3) is 0.500. The van der Waals surface area contributed by atoms with Crippen molar-refractivity contribution in [3.8, 4) is 5.75 Å². The first-order valence-corrected chi connectivity index (χ1v) is 19.5. The van der Waals surface area contributed by atoms with Gasteiger partial charge in [-0.3, -0.25) is 9.59 Å². The van der Waals surface area contributed by atoms with Crippen LogP contribution in [0.5, 0.6) is 5.75 Å². The minimum absolute atomic E-state index is 0.00566. The Morgan fingerprint density at radius 3 is 2.20 bits per heavy atom. The van der Waals surface area contributed by atoms with Crippen molar-refractivity contribution < 1.29 is 34.8 Å². The second-order valence-electron chi connectivity index (χ2n) is 13.1. The molecular weight excluding hydrogens is 691 g/mol. The number of fused-ring (bicyclic) bond motifs is 1. The molecule has 3 aromatic heterocycles. The number of thiophene rings is 2. The molecule has 3 heterocycles. The molecule has 0 aliphatic heterocycles. The third-order valence-corrected chi connectivity index (χ3v) is 11.5. The number of benzene rings is 1. The highest BCUT2D eigenvalue weighted by Gasteiger charge is 2.45. The average Bonchev–Trinajstić information content (AvgIpc) is 3.88. The Morgan fingerprint density at radius 2 is 1.59 bits per heavy atom. The maximum atomic E-state index is 13.3. The Bertz CT molecular complexity index is 1640. The van der Waals surface area contributed by atoms with E-state index in [2.05, 4.69) is 22.2 Å². The zero-order valence-corrected chi connectivity index (χ0v) is 30.8. The van der Waals surface area contributed by atoms with E-state index in [1.165, 1.54) is 66.9 Å². The van der Waals surface area contributed by atoms with Crippen molar-refractivity contribution in [3.63, 3.8) is 0 Å². The van der Waals surface area contributed by atoms with Gasteiger partial charge in [-0.1, -0.05) is 50.3 Å². The number of carbonyl (C=O) groups excluding carboxylic acids is 1. The predicted molar refractivity (Wildman–Crippen MR) is 201 cm³/mol.